The van der Waals surface area contributed by atoms with Crippen molar-refractivity contribution in [2.45, 2.75) is 37.6 Å². The molecule has 2 rings (SSSR count). The van der Waals surface area contributed by atoms with Gasteiger partial charge in [0.05, 0.1) is 12.1 Å². The molecule has 2 heterocycles. The first-order valence-electron chi connectivity index (χ1n) is 6.81. The summed E-state index contributed by atoms with van der Waals surface area (Å²) in [6.07, 6.45) is 7.77. The number of hydrogen-bond donors (Lipinski definition) is 2. The Balaban J connectivity index is 1.63. The number of thioether (sulfide) groups is 1. The summed E-state index contributed by atoms with van der Waals surface area (Å²) < 4.78 is 1.98. The molecule has 5 nitrogen and oxygen atoms in total. The second-order valence-electron chi connectivity index (χ2n) is 4.99. The van der Waals surface area contributed by atoms with Gasteiger partial charge in [0, 0.05) is 30.2 Å². The van der Waals surface area contributed by atoms with Crippen LogP contribution in [0.2, 0.25) is 0 Å². The SMILES string of the molecule is CC(Cn1ccnc1)NC(=O)CSC1CCNCC1. The Labute approximate surface area is 118 Å². The Hall–Kier alpha value is -1.01. The fourth-order valence-electron chi connectivity index (χ4n) is 2.23. The summed E-state index contributed by atoms with van der Waals surface area (Å²) >= 11 is 1.78. The quantitative estimate of drug-likeness (QED) is 0.813. The van der Waals surface area contributed by atoms with Crippen molar-refractivity contribution in [3.8, 4) is 0 Å². The zero-order chi connectivity index (χ0) is 13.5. The maximum absolute atomic E-state index is 11.9. The fraction of sp³-hybridized carbons (Fsp3) is 0.692. The molecule has 0 aromatic carbocycles. The summed E-state index contributed by atoms with van der Waals surface area (Å²) in [5.41, 5.74) is 0. The van der Waals surface area contributed by atoms with Gasteiger partial charge in [0.1, 0.15) is 0 Å². The van der Waals surface area contributed by atoms with E-state index < -0.39 is 0 Å². The van der Waals surface area contributed by atoms with Crippen LogP contribution < -0.4 is 10.6 Å². The van der Waals surface area contributed by atoms with Crippen molar-refractivity contribution >= 4 is 17.7 Å². The minimum atomic E-state index is 0.135. The average molecular weight is 282 g/mol. The van der Waals surface area contributed by atoms with Gasteiger partial charge < -0.3 is 15.2 Å². The van der Waals surface area contributed by atoms with E-state index in [-0.39, 0.29) is 11.9 Å². The molecule has 1 aliphatic heterocycles. The number of amides is 1. The zero-order valence-electron chi connectivity index (χ0n) is 11.3. The van der Waals surface area contributed by atoms with Crippen molar-refractivity contribution in [3.05, 3.63) is 18.7 Å². The van der Waals surface area contributed by atoms with Crippen LogP contribution in [0.4, 0.5) is 0 Å². The molecule has 1 fully saturated rings. The highest BCUT2D eigenvalue weighted by Crippen LogP contribution is 2.19. The predicted molar refractivity (Wildman–Crippen MR) is 78.2 cm³/mol. The van der Waals surface area contributed by atoms with E-state index in [1.165, 1.54) is 12.8 Å². The number of imidazole rings is 1. The van der Waals surface area contributed by atoms with E-state index >= 15 is 0 Å². The Morgan fingerprint density at radius 2 is 2.37 bits per heavy atom. The zero-order valence-corrected chi connectivity index (χ0v) is 12.2. The van der Waals surface area contributed by atoms with Gasteiger partial charge in [-0.1, -0.05) is 0 Å². The number of nitrogens with one attached hydrogen (secondary N) is 2. The molecule has 0 saturated carbocycles. The molecule has 1 atom stereocenters. The molecule has 1 aromatic heterocycles. The van der Waals surface area contributed by atoms with E-state index in [4.69, 9.17) is 0 Å². The monoisotopic (exact) mass is 282 g/mol. The third-order valence-electron chi connectivity index (χ3n) is 3.19. The largest absolute Gasteiger partial charge is 0.351 e. The lowest BCUT2D eigenvalue weighted by atomic mass is 10.2. The number of aromatic nitrogens is 2. The van der Waals surface area contributed by atoms with Crippen molar-refractivity contribution in [2.75, 3.05) is 18.8 Å². The van der Waals surface area contributed by atoms with E-state index in [0.717, 1.165) is 19.6 Å². The molecule has 0 spiro atoms. The highest BCUT2D eigenvalue weighted by Gasteiger charge is 2.15. The molecule has 0 bridgehead atoms. The van der Waals surface area contributed by atoms with Crippen LogP contribution in [-0.4, -0.2) is 45.6 Å². The van der Waals surface area contributed by atoms with Gasteiger partial charge in [-0.15, -0.1) is 11.8 Å². The van der Waals surface area contributed by atoms with E-state index in [1.807, 2.05) is 17.7 Å². The molecule has 0 aliphatic carbocycles. The molecule has 1 saturated heterocycles. The van der Waals surface area contributed by atoms with Crippen LogP contribution in [0, 0.1) is 0 Å². The fourth-order valence-corrected chi connectivity index (χ4v) is 3.27. The minimum Gasteiger partial charge on any atom is -0.351 e. The third-order valence-corrected chi connectivity index (χ3v) is 4.56. The molecule has 1 amide bonds. The highest BCUT2D eigenvalue weighted by molar-refractivity contribution is 8.00. The van der Waals surface area contributed by atoms with Crippen LogP contribution >= 0.6 is 11.8 Å². The topological polar surface area (TPSA) is 59.0 Å². The van der Waals surface area contributed by atoms with Gasteiger partial charge in [-0.2, -0.15) is 0 Å². The smallest absolute Gasteiger partial charge is 0.230 e. The van der Waals surface area contributed by atoms with Gasteiger partial charge in [0.2, 0.25) is 5.91 Å². The van der Waals surface area contributed by atoms with Crippen molar-refractivity contribution in [1.29, 1.82) is 0 Å². The Morgan fingerprint density at radius 3 is 3.05 bits per heavy atom. The van der Waals surface area contributed by atoms with Crippen molar-refractivity contribution in [1.82, 2.24) is 20.2 Å². The van der Waals surface area contributed by atoms with Crippen molar-refractivity contribution in [3.63, 3.8) is 0 Å². The summed E-state index contributed by atoms with van der Waals surface area (Å²) in [7, 11) is 0. The van der Waals surface area contributed by atoms with Crippen LogP contribution in [0.15, 0.2) is 18.7 Å². The summed E-state index contributed by atoms with van der Waals surface area (Å²) in [5.74, 6) is 0.704. The Kier molecular flexibility index (Phi) is 5.72. The van der Waals surface area contributed by atoms with Crippen LogP contribution in [0.25, 0.3) is 0 Å². The standard InChI is InChI=1S/C13H22N4OS/c1-11(8-17-7-6-15-10-17)16-13(18)9-19-12-2-4-14-5-3-12/h6-7,10-12,14H,2-5,8-9H2,1H3,(H,16,18). The Bertz CT molecular complexity index is 376. The van der Waals surface area contributed by atoms with Gasteiger partial charge >= 0.3 is 0 Å². The lowest BCUT2D eigenvalue weighted by Gasteiger charge is -2.22. The maximum atomic E-state index is 11.9. The molecule has 1 aliphatic rings. The van der Waals surface area contributed by atoms with E-state index in [1.54, 1.807) is 24.3 Å². The summed E-state index contributed by atoms with van der Waals surface area (Å²) in [5, 5.41) is 7.01. The first-order valence-corrected chi connectivity index (χ1v) is 7.86. The molecular formula is C13H22N4OS. The molecule has 1 aromatic rings. The molecule has 6 heteroatoms. The normalized spacial score (nSPS) is 18.2. The van der Waals surface area contributed by atoms with Gasteiger partial charge in [-0.25, -0.2) is 4.98 Å². The first-order chi connectivity index (χ1) is 9.24. The molecule has 19 heavy (non-hydrogen) atoms. The molecule has 1 unspecified atom stereocenters. The Morgan fingerprint density at radius 1 is 1.58 bits per heavy atom. The van der Waals surface area contributed by atoms with Crippen LogP contribution in [0.3, 0.4) is 0 Å². The summed E-state index contributed by atoms with van der Waals surface area (Å²) in [6, 6.07) is 0.135. The number of carbonyl (C=O) groups is 1. The molecule has 106 valence electrons. The van der Waals surface area contributed by atoms with Crippen LogP contribution in [0.1, 0.15) is 19.8 Å². The molecular weight excluding hydrogens is 260 g/mol. The van der Waals surface area contributed by atoms with E-state index in [0.29, 0.717) is 11.0 Å². The van der Waals surface area contributed by atoms with Crippen LogP contribution in [-0.2, 0) is 11.3 Å². The second kappa shape index (κ2) is 7.55. The summed E-state index contributed by atoms with van der Waals surface area (Å²) in [6.45, 7) is 4.95. The van der Waals surface area contributed by atoms with Gasteiger partial charge in [-0.05, 0) is 32.9 Å². The number of piperidine rings is 1. The number of hydrogen-bond acceptors (Lipinski definition) is 4. The lowest BCUT2D eigenvalue weighted by molar-refractivity contribution is -0.119. The predicted octanol–water partition coefficient (Wildman–Crippen LogP) is 0.873. The minimum absolute atomic E-state index is 0.135. The van der Waals surface area contributed by atoms with E-state index in [9.17, 15) is 4.79 Å². The van der Waals surface area contributed by atoms with Gasteiger partial charge in [0.25, 0.3) is 0 Å². The second-order valence-corrected chi connectivity index (χ2v) is 6.28. The van der Waals surface area contributed by atoms with E-state index in [2.05, 4.69) is 15.6 Å². The first kappa shape index (κ1) is 14.4. The summed E-state index contributed by atoms with van der Waals surface area (Å²) in [4.78, 5) is 15.8. The third kappa shape index (κ3) is 5.24. The maximum Gasteiger partial charge on any atom is 0.230 e. The number of nitrogens with zero attached hydrogens (tertiary/aromatic N) is 2. The number of rotatable bonds is 6. The van der Waals surface area contributed by atoms with Crippen molar-refractivity contribution in [2.24, 2.45) is 0 Å². The number of carbonyl (C=O) groups excluding carboxylic acids is 1. The molecule has 2 N–H and O–H groups in total. The van der Waals surface area contributed by atoms with Crippen LogP contribution in [0.5, 0.6) is 0 Å². The molecule has 0 radical (unpaired) electrons. The lowest BCUT2D eigenvalue weighted by Crippen LogP contribution is -2.37. The van der Waals surface area contributed by atoms with Crippen molar-refractivity contribution < 1.29 is 4.79 Å². The highest BCUT2D eigenvalue weighted by atomic mass is 32.2. The van der Waals surface area contributed by atoms with Gasteiger partial charge in [-0.3, -0.25) is 4.79 Å². The average Bonchev–Trinajstić information content (AvgIpc) is 2.90. The van der Waals surface area contributed by atoms with Gasteiger partial charge in [0.15, 0.2) is 0 Å².